The van der Waals surface area contributed by atoms with E-state index < -0.39 is 0 Å². The summed E-state index contributed by atoms with van der Waals surface area (Å²) < 4.78 is 0.877. The molecule has 3 nitrogen and oxygen atoms in total. The predicted octanol–water partition coefficient (Wildman–Crippen LogP) is 3.24. The molecule has 1 aliphatic carbocycles. The summed E-state index contributed by atoms with van der Waals surface area (Å²) in [5.41, 5.74) is 0. The Hall–Kier alpha value is -0.320. The molecule has 0 bridgehead atoms. The van der Waals surface area contributed by atoms with E-state index in [4.69, 9.17) is 11.6 Å². The molecule has 1 heterocycles. The second kappa shape index (κ2) is 6.03. The summed E-state index contributed by atoms with van der Waals surface area (Å²) in [6.07, 6.45) is 6.57. The van der Waals surface area contributed by atoms with Crippen LogP contribution in [0.3, 0.4) is 0 Å². The van der Waals surface area contributed by atoms with E-state index in [1.165, 1.54) is 12.8 Å². The van der Waals surface area contributed by atoms with Crippen LogP contribution < -0.4 is 4.90 Å². The SMILES string of the molecule is OCCN(c1ncc(Br)cc1Cl)C1CCCC1. The first-order valence-electron chi connectivity index (χ1n) is 5.91. The highest BCUT2D eigenvalue weighted by Gasteiger charge is 2.24. The van der Waals surface area contributed by atoms with Gasteiger partial charge >= 0.3 is 0 Å². The highest BCUT2D eigenvalue weighted by molar-refractivity contribution is 9.10. The molecule has 0 aliphatic heterocycles. The largest absolute Gasteiger partial charge is 0.395 e. The van der Waals surface area contributed by atoms with E-state index in [-0.39, 0.29) is 6.61 Å². The summed E-state index contributed by atoms with van der Waals surface area (Å²) in [5, 5.41) is 9.82. The Bertz CT molecular complexity index is 383. The maximum absolute atomic E-state index is 9.18. The van der Waals surface area contributed by atoms with Crippen molar-refractivity contribution in [3.8, 4) is 0 Å². The fourth-order valence-corrected chi connectivity index (χ4v) is 3.14. The molecule has 2 rings (SSSR count). The van der Waals surface area contributed by atoms with Crippen molar-refractivity contribution in [1.29, 1.82) is 0 Å². The molecule has 0 spiro atoms. The number of halogens is 2. The Morgan fingerprint density at radius 1 is 1.47 bits per heavy atom. The molecule has 1 saturated carbocycles. The molecule has 0 unspecified atom stereocenters. The normalized spacial score (nSPS) is 16.4. The number of pyridine rings is 1. The summed E-state index contributed by atoms with van der Waals surface area (Å²) in [5.74, 6) is 0.788. The average Bonchev–Trinajstić information content (AvgIpc) is 2.80. The van der Waals surface area contributed by atoms with Gasteiger partial charge in [0.15, 0.2) is 0 Å². The molecule has 1 aromatic rings. The number of anilines is 1. The highest BCUT2D eigenvalue weighted by Crippen LogP contribution is 2.32. The third kappa shape index (κ3) is 3.12. The zero-order valence-corrected chi connectivity index (χ0v) is 11.9. The number of aliphatic hydroxyl groups excluding tert-OH is 1. The van der Waals surface area contributed by atoms with Gasteiger partial charge in [0.2, 0.25) is 0 Å². The van der Waals surface area contributed by atoms with Crippen molar-refractivity contribution in [2.45, 2.75) is 31.7 Å². The first-order chi connectivity index (χ1) is 8.22. The molecule has 0 amide bonds. The number of hydrogen-bond acceptors (Lipinski definition) is 3. The molecule has 0 aromatic carbocycles. The third-order valence-corrected chi connectivity index (χ3v) is 3.88. The standard InChI is InChI=1S/C12H16BrClN2O/c13-9-7-11(14)12(15-8-9)16(5-6-17)10-3-1-2-4-10/h7-8,10,17H,1-6H2. The minimum absolute atomic E-state index is 0.130. The lowest BCUT2D eigenvalue weighted by Gasteiger charge is -2.30. The monoisotopic (exact) mass is 318 g/mol. The zero-order valence-electron chi connectivity index (χ0n) is 9.57. The van der Waals surface area contributed by atoms with Crippen LogP contribution in [0.1, 0.15) is 25.7 Å². The quantitative estimate of drug-likeness (QED) is 0.925. The van der Waals surface area contributed by atoms with Crippen LogP contribution in [0.4, 0.5) is 5.82 Å². The summed E-state index contributed by atoms with van der Waals surface area (Å²) in [6, 6.07) is 2.32. The van der Waals surface area contributed by atoms with Crippen molar-refractivity contribution >= 4 is 33.3 Å². The Morgan fingerprint density at radius 3 is 2.76 bits per heavy atom. The molecule has 0 saturated heterocycles. The fraction of sp³-hybridized carbons (Fsp3) is 0.583. The number of hydrogen-bond donors (Lipinski definition) is 1. The molecule has 17 heavy (non-hydrogen) atoms. The Balaban J connectivity index is 2.24. The molecule has 0 atom stereocenters. The van der Waals surface area contributed by atoms with E-state index in [1.54, 1.807) is 6.20 Å². The predicted molar refractivity (Wildman–Crippen MR) is 73.6 cm³/mol. The molecular weight excluding hydrogens is 304 g/mol. The lowest BCUT2D eigenvalue weighted by atomic mass is 10.2. The van der Waals surface area contributed by atoms with Gasteiger partial charge in [0, 0.05) is 23.3 Å². The van der Waals surface area contributed by atoms with Crippen molar-refractivity contribution in [2.24, 2.45) is 0 Å². The first kappa shape index (κ1) is 13.1. The Kier molecular flexibility index (Phi) is 4.65. The van der Waals surface area contributed by atoms with E-state index in [0.717, 1.165) is 23.1 Å². The average molecular weight is 320 g/mol. The minimum Gasteiger partial charge on any atom is -0.395 e. The Morgan fingerprint density at radius 2 is 2.18 bits per heavy atom. The summed E-state index contributed by atoms with van der Waals surface area (Å²) in [4.78, 5) is 6.52. The van der Waals surface area contributed by atoms with E-state index in [0.29, 0.717) is 17.6 Å². The highest BCUT2D eigenvalue weighted by atomic mass is 79.9. The van der Waals surface area contributed by atoms with Gasteiger partial charge < -0.3 is 10.0 Å². The molecule has 1 fully saturated rings. The second-order valence-corrected chi connectivity index (χ2v) is 5.64. The van der Waals surface area contributed by atoms with Crippen LogP contribution >= 0.6 is 27.5 Å². The van der Waals surface area contributed by atoms with E-state index >= 15 is 0 Å². The van der Waals surface area contributed by atoms with Crippen molar-refractivity contribution in [2.75, 3.05) is 18.1 Å². The second-order valence-electron chi connectivity index (χ2n) is 4.31. The number of nitrogens with zero attached hydrogens (tertiary/aromatic N) is 2. The number of aromatic nitrogens is 1. The van der Waals surface area contributed by atoms with Crippen LogP contribution in [0.25, 0.3) is 0 Å². The molecule has 5 heteroatoms. The van der Waals surface area contributed by atoms with Crippen molar-refractivity contribution in [3.63, 3.8) is 0 Å². The molecular formula is C12H16BrClN2O. The van der Waals surface area contributed by atoms with Crippen LogP contribution in [0.15, 0.2) is 16.7 Å². The fourth-order valence-electron chi connectivity index (χ4n) is 2.40. The van der Waals surface area contributed by atoms with E-state index in [9.17, 15) is 5.11 Å². The van der Waals surface area contributed by atoms with Crippen LogP contribution in [-0.4, -0.2) is 29.3 Å². The van der Waals surface area contributed by atoms with Crippen LogP contribution in [-0.2, 0) is 0 Å². The van der Waals surface area contributed by atoms with Crippen molar-refractivity contribution < 1.29 is 5.11 Å². The Labute approximate surface area is 115 Å². The molecule has 1 aliphatic rings. The van der Waals surface area contributed by atoms with E-state index in [2.05, 4.69) is 25.8 Å². The summed E-state index contributed by atoms with van der Waals surface area (Å²) >= 11 is 9.58. The van der Waals surface area contributed by atoms with Gasteiger partial charge in [0.1, 0.15) is 5.82 Å². The first-order valence-corrected chi connectivity index (χ1v) is 7.08. The number of aliphatic hydroxyl groups is 1. The van der Waals surface area contributed by atoms with Crippen molar-refractivity contribution in [1.82, 2.24) is 4.98 Å². The number of rotatable bonds is 4. The smallest absolute Gasteiger partial charge is 0.147 e. The summed E-state index contributed by atoms with van der Waals surface area (Å²) in [7, 11) is 0. The minimum atomic E-state index is 0.130. The lowest BCUT2D eigenvalue weighted by molar-refractivity contribution is 0.297. The molecule has 1 N–H and O–H groups in total. The van der Waals surface area contributed by atoms with Gasteiger partial charge in [-0.25, -0.2) is 4.98 Å². The van der Waals surface area contributed by atoms with Gasteiger partial charge in [0.05, 0.1) is 11.6 Å². The van der Waals surface area contributed by atoms with Gasteiger partial charge in [-0.2, -0.15) is 0 Å². The lowest BCUT2D eigenvalue weighted by Crippen LogP contribution is -2.36. The maximum Gasteiger partial charge on any atom is 0.147 e. The summed E-state index contributed by atoms with van der Waals surface area (Å²) in [6.45, 7) is 0.726. The van der Waals surface area contributed by atoms with Crippen molar-refractivity contribution in [3.05, 3.63) is 21.8 Å². The van der Waals surface area contributed by atoms with Crippen LogP contribution in [0, 0.1) is 0 Å². The van der Waals surface area contributed by atoms with Gasteiger partial charge in [-0.1, -0.05) is 24.4 Å². The van der Waals surface area contributed by atoms with Gasteiger partial charge in [0.25, 0.3) is 0 Å². The van der Waals surface area contributed by atoms with Crippen LogP contribution in [0.5, 0.6) is 0 Å². The van der Waals surface area contributed by atoms with E-state index in [1.807, 2.05) is 6.07 Å². The van der Waals surface area contributed by atoms with Gasteiger partial charge in [-0.05, 0) is 34.8 Å². The molecule has 0 radical (unpaired) electrons. The van der Waals surface area contributed by atoms with Gasteiger partial charge in [-0.3, -0.25) is 0 Å². The zero-order chi connectivity index (χ0) is 12.3. The molecule has 94 valence electrons. The third-order valence-electron chi connectivity index (χ3n) is 3.17. The maximum atomic E-state index is 9.18. The molecule has 1 aromatic heterocycles. The van der Waals surface area contributed by atoms with Gasteiger partial charge in [-0.15, -0.1) is 0 Å². The topological polar surface area (TPSA) is 36.4 Å². The van der Waals surface area contributed by atoms with Crippen LogP contribution in [0.2, 0.25) is 5.02 Å².